The lowest BCUT2D eigenvalue weighted by atomic mass is 10.2. The number of carbonyl (C=O) groups is 1. The van der Waals surface area contributed by atoms with E-state index in [1.165, 1.54) is 0 Å². The van der Waals surface area contributed by atoms with E-state index in [-0.39, 0.29) is 5.91 Å². The van der Waals surface area contributed by atoms with E-state index in [0.29, 0.717) is 5.02 Å². The van der Waals surface area contributed by atoms with Gasteiger partial charge in [0, 0.05) is 41.0 Å². The van der Waals surface area contributed by atoms with Crippen molar-refractivity contribution in [3.63, 3.8) is 0 Å². The smallest absolute Gasteiger partial charge is 0.256 e. The molecule has 4 nitrogen and oxygen atoms in total. The molecule has 0 unspecified atom stereocenters. The van der Waals surface area contributed by atoms with Gasteiger partial charge in [-0.2, -0.15) is 0 Å². The van der Waals surface area contributed by atoms with Gasteiger partial charge in [-0.1, -0.05) is 11.6 Å². The Morgan fingerprint density at radius 3 is 2.50 bits per heavy atom. The van der Waals surface area contributed by atoms with Crippen molar-refractivity contribution >= 4 is 40.2 Å². The Bertz CT molecular complexity index is 751. The first-order chi connectivity index (χ1) is 11.4. The lowest BCUT2D eigenvalue weighted by Gasteiger charge is -2.35. The summed E-state index contributed by atoms with van der Waals surface area (Å²) in [7, 11) is 2.13. The fourth-order valence-corrected chi connectivity index (χ4v) is 4.07. The van der Waals surface area contributed by atoms with Crippen LogP contribution in [0.25, 0.3) is 0 Å². The van der Waals surface area contributed by atoms with Crippen molar-refractivity contribution in [2.75, 3.05) is 43.4 Å². The van der Waals surface area contributed by atoms with Crippen molar-refractivity contribution in [3.8, 4) is 0 Å². The van der Waals surface area contributed by atoms with Crippen LogP contribution in [0.1, 0.15) is 20.1 Å². The fourth-order valence-electron chi connectivity index (χ4n) is 2.98. The Morgan fingerprint density at radius 2 is 1.88 bits per heavy atom. The number of nitrogens with one attached hydrogen (secondary N) is 1. The van der Waals surface area contributed by atoms with E-state index >= 15 is 0 Å². The molecule has 3 rings (SSSR count). The number of carbonyl (C=O) groups excluding carboxylic acids is 1. The van der Waals surface area contributed by atoms with E-state index < -0.39 is 0 Å². The van der Waals surface area contributed by atoms with Gasteiger partial charge >= 0.3 is 0 Å². The molecule has 1 aliphatic rings. The van der Waals surface area contributed by atoms with Gasteiger partial charge < -0.3 is 15.1 Å². The summed E-state index contributed by atoms with van der Waals surface area (Å²) in [6, 6.07) is 7.65. The summed E-state index contributed by atoms with van der Waals surface area (Å²) in [4.78, 5) is 19.5. The third-order valence-electron chi connectivity index (χ3n) is 4.34. The molecule has 128 valence electrons. The minimum Gasteiger partial charge on any atom is -0.367 e. The van der Waals surface area contributed by atoms with E-state index in [1.54, 1.807) is 11.3 Å². The van der Waals surface area contributed by atoms with Crippen molar-refractivity contribution in [1.29, 1.82) is 0 Å². The van der Waals surface area contributed by atoms with Crippen molar-refractivity contribution < 1.29 is 4.79 Å². The maximum atomic E-state index is 12.7. The molecule has 6 heteroatoms. The number of aryl methyl sites for hydroxylation is 2. The van der Waals surface area contributed by atoms with Gasteiger partial charge in [0.25, 0.3) is 5.91 Å². The predicted molar refractivity (Wildman–Crippen MR) is 103 cm³/mol. The third-order valence-corrected chi connectivity index (χ3v) is 5.54. The summed E-state index contributed by atoms with van der Waals surface area (Å²) < 4.78 is 0. The number of amides is 1. The number of halogens is 1. The minimum absolute atomic E-state index is 0.0745. The zero-order chi connectivity index (χ0) is 17.3. The van der Waals surface area contributed by atoms with Gasteiger partial charge in [0.15, 0.2) is 0 Å². The molecule has 0 bridgehead atoms. The molecule has 1 amide bonds. The summed E-state index contributed by atoms with van der Waals surface area (Å²) in [5, 5.41) is 3.68. The Labute approximate surface area is 152 Å². The number of hydrogen-bond acceptors (Lipinski definition) is 4. The highest BCUT2D eigenvalue weighted by atomic mass is 35.5. The second-order valence-corrected chi connectivity index (χ2v) is 8.13. The van der Waals surface area contributed by atoms with Crippen LogP contribution >= 0.6 is 22.9 Å². The van der Waals surface area contributed by atoms with E-state index in [2.05, 4.69) is 22.2 Å². The maximum Gasteiger partial charge on any atom is 0.256 e. The summed E-state index contributed by atoms with van der Waals surface area (Å²) >= 11 is 7.81. The van der Waals surface area contributed by atoms with Crippen LogP contribution in [0.2, 0.25) is 5.02 Å². The average molecular weight is 364 g/mol. The molecule has 1 aliphatic heterocycles. The molecule has 1 N–H and O–H groups in total. The molecular weight excluding hydrogens is 342 g/mol. The maximum absolute atomic E-state index is 12.7. The number of likely N-dealkylation sites (N-methyl/N-ethyl adjacent to an activating group) is 1. The standard InChI is InChI=1S/C18H22ClN3OS/c1-12-10-15(13(2)24-12)18(23)20-16-11-14(19)4-5-17(16)22-8-6-21(3)7-9-22/h4-5,10-11H,6-9H2,1-3H3,(H,20,23). The van der Waals surface area contributed by atoms with E-state index in [0.717, 1.165) is 52.9 Å². The van der Waals surface area contributed by atoms with Gasteiger partial charge in [-0.15, -0.1) is 11.3 Å². The molecule has 1 aromatic carbocycles. The zero-order valence-electron chi connectivity index (χ0n) is 14.2. The Balaban J connectivity index is 1.85. The first kappa shape index (κ1) is 17.3. The number of rotatable bonds is 3. The predicted octanol–water partition coefficient (Wildman–Crippen LogP) is 4.02. The van der Waals surface area contributed by atoms with Crippen LogP contribution in [-0.2, 0) is 0 Å². The zero-order valence-corrected chi connectivity index (χ0v) is 15.8. The first-order valence-electron chi connectivity index (χ1n) is 8.05. The molecule has 2 aromatic rings. The summed E-state index contributed by atoms with van der Waals surface area (Å²) in [6.07, 6.45) is 0. The van der Waals surface area contributed by atoms with Crippen molar-refractivity contribution in [2.24, 2.45) is 0 Å². The highest BCUT2D eigenvalue weighted by Gasteiger charge is 2.19. The Morgan fingerprint density at radius 1 is 1.17 bits per heavy atom. The van der Waals surface area contributed by atoms with E-state index in [9.17, 15) is 4.79 Å². The van der Waals surface area contributed by atoms with Gasteiger partial charge in [-0.25, -0.2) is 0 Å². The number of benzene rings is 1. The number of nitrogens with zero attached hydrogens (tertiary/aromatic N) is 2. The van der Waals surface area contributed by atoms with Gasteiger partial charge in [-0.05, 0) is 45.2 Å². The normalized spacial score (nSPS) is 15.6. The third kappa shape index (κ3) is 3.74. The number of thiophene rings is 1. The van der Waals surface area contributed by atoms with Crippen LogP contribution in [0.4, 0.5) is 11.4 Å². The van der Waals surface area contributed by atoms with Gasteiger partial charge in [0.05, 0.1) is 16.9 Å². The highest BCUT2D eigenvalue weighted by molar-refractivity contribution is 7.12. The van der Waals surface area contributed by atoms with Crippen LogP contribution in [0, 0.1) is 13.8 Å². The van der Waals surface area contributed by atoms with Crippen LogP contribution in [0.15, 0.2) is 24.3 Å². The topological polar surface area (TPSA) is 35.6 Å². The number of anilines is 2. The molecule has 0 atom stereocenters. The monoisotopic (exact) mass is 363 g/mol. The average Bonchev–Trinajstić information content (AvgIpc) is 2.87. The molecule has 2 heterocycles. The van der Waals surface area contributed by atoms with E-state index in [1.807, 2.05) is 38.1 Å². The second kappa shape index (κ2) is 7.13. The molecule has 0 spiro atoms. The molecule has 1 saturated heterocycles. The lowest BCUT2D eigenvalue weighted by Crippen LogP contribution is -2.44. The van der Waals surface area contributed by atoms with Gasteiger partial charge in [0.1, 0.15) is 0 Å². The Hall–Kier alpha value is -1.56. The largest absolute Gasteiger partial charge is 0.367 e. The van der Waals surface area contributed by atoms with Crippen LogP contribution in [-0.4, -0.2) is 44.0 Å². The molecule has 0 aliphatic carbocycles. The number of hydrogen-bond donors (Lipinski definition) is 1. The van der Waals surface area contributed by atoms with Crippen molar-refractivity contribution in [2.45, 2.75) is 13.8 Å². The quantitative estimate of drug-likeness (QED) is 0.894. The SMILES string of the molecule is Cc1cc(C(=O)Nc2cc(Cl)ccc2N2CCN(C)CC2)c(C)s1. The van der Waals surface area contributed by atoms with Gasteiger partial charge in [0.2, 0.25) is 0 Å². The number of piperazine rings is 1. The lowest BCUT2D eigenvalue weighted by molar-refractivity contribution is 0.102. The minimum atomic E-state index is -0.0745. The molecule has 24 heavy (non-hydrogen) atoms. The summed E-state index contributed by atoms with van der Waals surface area (Å²) in [6.45, 7) is 7.91. The fraction of sp³-hybridized carbons (Fsp3) is 0.389. The van der Waals surface area contributed by atoms with Crippen molar-refractivity contribution in [1.82, 2.24) is 4.90 Å². The molecule has 1 fully saturated rings. The van der Waals surface area contributed by atoms with Crippen LogP contribution < -0.4 is 10.2 Å². The van der Waals surface area contributed by atoms with Crippen molar-refractivity contribution in [3.05, 3.63) is 44.6 Å². The molecule has 1 aromatic heterocycles. The molecule has 0 radical (unpaired) electrons. The molecular formula is C18H22ClN3OS. The highest BCUT2D eigenvalue weighted by Crippen LogP contribution is 2.31. The molecule has 0 saturated carbocycles. The van der Waals surface area contributed by atoms with Gasteiger partial charge in [-0.3, -0.25) is 4.79 Å². The summed E-state index contributed by atoms with van der Waals surface area (Å²) in [5.41, 5.74) is 2.55. The van der Waals surface area contributed by atoms with Crippen LogP contribution in [0.5, 0.6) is 0 Å². The first-order valence-corrected chi connectivity index (χ1v) is 9.25. The second-order valence-electron chi connectivity index (χ2n) is 6.23. The summed E-state index contributed by atoms with van der Waals surface area (Å²) in [5.74, 6) is -0.0745. The van der Waals surface area contributed by atoms with E-state index in [4.69, 9.17) is 11.6 Å². The Kier molecular flexibility index (Phi) is 5.13. The van der Waals surface area contributed by atoms with Crippen LogP contribution in [0.3, 0.4) is 0 Å².